The van der Waals surface area contributed by atoms with E-state index in [2.05, 4.69) is 9.71 Å². The van der Waals surface area contributed by atoms with Gasteiger partial charge in [-0.15, -0.1) is 11.8 Å². The van der Waals surface area contributed by atoms with Crippen molar-refractivity contribution in [2.24, 2.45) is 5.92 Å². The Morgan fingerprint density at radius 1 is 1.30 bits per heavy atom. The van der Waals surface area contributed by atoms with Crippen LogP contribution in [0.25, 0.3) is 0 Å². The maximum absolute atomic E-state index is 12.8. The Morgan fingerprint density at radius 3 is 2.70 bits per heavy atom. The number of aryl methyl sites for hydroxylation is 1. The van der Waals surface area contributed by atoms with Gasteiger partial charge in [0.25, 0.3) is 5.91 Å². The largest absolute Gasteiger partial charge is 0.495 e. The highest BCUT2D eigenvalue weighted by atomic mass is 32.2. The van der Waals surface area contributed by atoms with E-state index >= 15 is 0 Å². The summed E-state index contributed by atoms with van der Waals surface area (Å²) in [7, 11) is -2.21. The Hall–Kier alpha value is -2.10. The van der Waals surface area contributed by atoms with Gasteiger partial charge in [-0.1, -0.05) is 6.07 Å². The molecule has 0 atom stereocenters. The van der Waals surface area contributed by atoms with Crippen molar-refractivity contribution in [1.29, 1.82) is 0 Å². The number of aromatic nitrogens is 1. The van der Waals surface area contributed by atoms with E-state index in [1.165, 1.54) is 18.9 Å². The number of benzene rings is 1. The van der Waals surface area contributed by atoms with Crippen LogP contribution in [0.2, 0.25) is 0 Å². The topological polar surface area (TPSA) is 88.6 Å². The summed E-state index contributed by atoms with van der Waals surface area (Å²) < 4.78 is 33.5. The highest BCUT2D eigenvalue weighted by Crippen LogP contribution is 2.26. The molecule has 7 nitrogen and oxygen atoms in total. The van der Waals surface area contributed by atoms with Crippen LogP contribution in [0.1, 0.15) is 28.8 Å². The van der Waals surface area contributed by atoms with Crippen LogP contribution in [0, 0.1) is 12.8 Å². The molecule has 0 saturated carbocycles. The van der Waals surface area contributed by atoms with Crippen molar-refractivity contribution in [2.45, 2.75) is 29.7 Å². The molecule has 0 aliphatic carbocycles. The average Bonchev–Trinajstić information content (AvgIpc) is 2.77. The zero-order chi connectivity index (χ0) is 21.7. The smallest absolute Gasteiger partial charge is 0.256 e. The molecule has 0 unspecified atom stereocenters. The van der Waals surface area contributed by atoms with Gasteiger partial charge in [-0.3, -0.25) is 4.79 Å². The average molecular weight is 450 g/mol. The minimum atomic E-state index is -3.67. The molecule has 162 valence electrons. The predicted molar refractivity (Wildman–Crippen MR) is 118 cm³/mol. The molecule has 1 amide bonds. The van der Waals surface area contributed by atoms with Crippen LogP contribution in [0.3, 0.4) is 0 Å². The summed E-state index contributed by atoms with van der Waals surface area (Å²) in [5, 5.41) is 0.726. The normalized spacial score (nSPS) is 15.2. The number of methoxy groups -OCH3 is 1. The summed E-state index contributed by atoms with van der Waals surface area (Å²) in [5.74, 6) is 0.485. The molecule has 1 fully saturated rings. The molecule has 1 aromatic heterocycles. The first-order valence-electron chi connectivity index (χ1n) is 9.78. The van der Waals surface area contributed by atoms with Crippen molar-refractivity contribution >= 4 is 27.7 Å². The fraction of sp³-hybridized carbons (Fsp3) is 0.429. The van der Waals surface area contributed by atoms with Gasteiger partial charge in [0.2, 0.25) is 10.0 Å². The molecule has 2 aromatic rings. The van der Waals surface area contributed by atoms with Crippen LogP contribution < -0.4 is 9.46 Å². The van der Waals surface area contributed by atoms with E-state index < -0.39 is 10.0 Å². The molecular formula is C21H27N3O4S2. The predicted octanol–water partition coefficient (Wildman–Crippen LogP) is 2.95. The van der Waals surface area contributed by atoms with Crippen LogP contribution in [-0.4, -0.2) is 57.2 Å². The summed E-state index contributed by atoms with van der Waals surface area (Å²) in [6.45, 7) is 3.38. The lowest BCUT2D eigenvalue weighted by Gasteiger charge is -2.32. The first-order valence-corrected chi connectivity index (χ1v) is 12.5. The van der Waals surface area contributed by atoms with Crippen molar-refractivity contribution in [3.8, 4) is 5.75 Å². The van der Waals surface area contributed by atoms with Crippen LogP contribution in [-0.2, 0) is 10.0 Å². The second-order valence-electron chi connectivity index (χ2n) is 7.30. The zero-order valence-corrected chi connectivity index (χ0v) is 19.1. The zero-order valence-electron chi connectivity index (χ0n) is 17.4. The highest BCUT2D eigenvalue weighted by Gasteiger charge is 2.27. The summed E-state index contributed by atoms with van der Waals surface area (Å²) in [5.41, 5.74) is 1.47. The Morgan fingerprint density at radius 2 is 2.03 bits per heavy atom. The van der Waals surface area contributed by atoms with E-state index in [1.807, 2.05) is 24.1 Å². The number of nitrogens with zero attached hydrogens (tertiary/aromatic N) is 2. The van der Waals surface area contributed by atoms with Crippen molar-refractivity contribution in [3.63, 3.8) is 0 Å². The van der Waals surface area contributed by atoms with Crippen molar-refractivity contribution < 1.29 is 17.9 Å². The van der Waals surface area contributed by atoms with E-state index in [4.69, 9.17) is 4.74 Å². The lowest BCUT2D eigenvalue weighted by molar-refractivity contribution is 0.0687. The summed E-state index contributed by atoms with van der Waals surface area (Å²) >= 11 is 1.46. The van der Waals surface area contributed by atoms with E-state index in [0.29, 0.717) is 30.9 Å². The van der Waals surface area contributed by atoms with Crippen molar-refractivity contribution in [2.75, 3.05) is 33.0 Å². The van der Waals surface area contributed by atoms with Crippen LogP contribution in [0.15, 0.2) is 46.5 Å². The number of carbonyl (C=O) groups is 1. The number of nitrogens with one attached hydrogen (secondary N) is 1. The molecule has 0 bridgehead atoms. The number of rotatable bonds is 7. The molecule has 0 spiro atoms. The van der Waals surface area contributed by atoms with E-state index in [9.17, 15) is 13.2 Å². The van der Waals surface area contributed by atoms with E-state index in [-0.39, 0.29) is 16.7 Å². The number of amides is 1. The van der Waals surface area contributed by atoms with Crippen LogP contribution in [0.5, 0.6) is 5.75 Å². The first kappa shape index (κ1) is 22.6. The molecule has 1 aliphatic heterocycles. The number of carbonyl (C=O) groups excluding carboxylic acids is 1. The second-order valence-corrected chi connectivity index (χ2v) is 9.83. The van der Waals surface area contributed by atoms with Crippen molar-refractivity contribution in [3.05, 3.63) is 47.7 Å². The van der Waals surface area contributed by atoms with Crippen molar-refractivity contribution in [1.82, 2.24) is 14.6 Å². The van der Waals surface area contributed by atoms with E-state index in [1.54, 1.807) is 30.5 Å². The Labute approximate surface area is 182 Å². The lowest BCUT2D eigenvalue weighted by atomic mass is 9.97. The number of hydrogen-bond donors (Lipinski definition) is 1. The molecule has 2 heterocycles. The maximum Gasteiger partial charge on any atom is 0.256 e. The number of likely N-dealkylation sites (tertiary alicyclic amines) is 1. The maximum atomic E-state index is 12.8. The van der Waals surface area contributed by atoms with E-state index in [0.717, 1.165) is 23.4 Å². The van der Waals surface area contributed by atoms with Crippen LogP contribution in [0.4, 0.5) is 0 Å². The SMILES string of the molecule is COc1ccc(C)cc1S(=O)(=O)NCC1CCN(C(=O)c2cccnc2SC)CC1. The van der Waals surface area contributed by atoms with Gasteiger partial charge in [-0.2, -0.15) is 0 Å². The highest BCUT2D eigenvalue weighted by molar-refractivity contribution is 7.98. The third kappa shape index (κ3) is 5.14. The third-order valence-corrected chi connectivity index (χ3v) is 7.42. The van der Waals surface area contributed by atoms with Gasteiger partial charge in [0.15, 0.2) is 0 Å². The molecule has 0 radical (unpaired) electrons. The molecule has 1 aliphatic rings. The molecule has 3 rings (SSSR count). The molecule has 30 heavy (non-hydrogen) atoms. The minimum absolute atomic E-state index is 0.0176. The standard InChI is InChI=1S/C21H27N3O4S2/c1-15-6-7-18(28-2)19(13-15)30(26,27)23-14-16-8-11-24(12-9-16)21(25)17-5-4-10-22-20(17)29-3/h4-7,10,13,16,23H,8-9,11-12,14H2,1-3H3. The monoisotopic (exact) mass is 449 g/mol. The summed E-state index contributed by atoms with van der Waals surface area (Å²) in [4.78, 5) is 19.1. The number of ether oxygens (including phenoxy) is 1. The molecular weight excluding hydrogens is 422 g/mol. The van der Waals surface area contributed by atoms with Gasteiger partial charge in [0, 0.05) is 25.8 Å². The molecule has 1 aromatic carbocycles. The number of piperidine rings is 1. The molecule has 1 saturated heterocycles. The second kappa shape index (κ2) is 9.80. The van der Waals surface area contributed by atoms with Crippen LogP contribution >= 0.6 is 11.8 Å². The van der Waals surface area contributed by atoms with Gasteiger partial charge in [-0.25, -0.2) is 18.1 Å². The number of hydrogen-bond acceptors (Lipinski definition) is 6. The lowest BCUT2D eigenvalue weighted by Crippen LogP contribution is -2.41. The number of thioether (sulfide) groups is 1. The van der Waals surface area contributed by atoms with Gasteiger partial charge in [0.05, 0.1) is 12.7 Å². The minimum Gasteiger partial charge on any atom is -0.495 e. The fourth-order valence-corrected chi connectivity index (χ4v) is 5.44. The Kier molecular flexibility index (Phi) is 7.38. The van der Waals surface area contributed by atoms with Gasteiger partial charge in [0.1, 0.15) is 15.7 Å². The summed E-state index contributed by atoms with van der Waals surface area (Å²) in [6, 6.07) is 8.66. The number of sulfonamides is 1. The van der Waals surface area contributed by atoms with Gasteiger partial charge < -0.3 is 9.64 Å². The molecule has 9 heteroatoms. The Bertz CT molecular complexity index is 1000. The first-order chi connectivity index (χ1) is 14.4. The molecule has 1 N–H and O–H groups in total. The quantitative estimate of drug-likeness (QED) is 0.654. The van der Waals surface area contributed by atoms with Gasteiger partial charge >= 0.3 is 0 Å². The summed E-state index contributed by atoms with van der Waals surface area (Å²) in [6.07, 6.45) is 5.08. The van der Waals surface area contributed by atoms with Gasteiger partial charge in [-0.05, 0) is 61.8 Å². The Balaban J connectivity index is 1.59. The third-order valence-electron chi connectivity index (χ3n) is 5.27. The number of pyridine rings is 1. The fourth-order valence-electron chi connectivity index (χ4n) is 3.53.